The zero-order chi connectivity index (χ0) is 16.4. The summed E-state index contributed by atoms with van der Waals surface area (Å²) in [5.74, 6) is 0.723. The molecule has 2 saturated heterocycles. The molecule has 0 unspecified atom stereocenters. The highest BCUT2D eigenvalue weighted by Crippen LogP contribution is 2.25. The summed E-state index contributed by atoms with van der Waals surface area (Å²) >= 11 is 0. The molecule has 0 saturated carbocycles. The molecule has 2 aliphatic rings. The van der Waals surface area contributed by atoms with Gasteiger partial charge in [-0.1, -0.05) is 13.0 Å². The minimum Gasteiger partial charge on any atom is -0.338 e. The van der Waals surface area contributed by atoms with Crippen LogP contribution in [0.1, 0.15) is 43.0 Å². The number of benzene rings is 1. The van der Waals surface area contributed by atoms with E-state index in [4.69, 9.17) is 0 Å². The normalized spacial score (nSPS) is 24.5. The van der Waals surface area contributed by atoms with E-state index in [1.54, 1.807) is 24.3 Å². The zero-order valence-corrected chi connectivity index (χ0v) is 14.4. The van der Waals surface area contributed by atoms with Gasteiger partial charge in [-0.05, 0) is 49.8 Å². The second kappa shape index (κ2) is 6.51. The van der Waals surface area contributed by atoms with Crippen LogP contribution in [0, 0.1) is 5.92 Å². The molecule has 0 aliphatic carbocycles. The summed E-state index contributed by atoms with van der Waals surface area (Å²) < 4.78 is 25.9. The fourth-order valence-corrected chi connectivity index (χ4v) is 5.06. The monoisotopic (exact) mass is 336 g/mol. The van der Waals surface area contributed by atoms with Gasteiger partial charge in [-0.25, -0.2) is 8.42 Å². The number of hydrogen-bond acceptors (Lipinski definition) is 3. The van der Waals surface area contributed by atoms with Gasteiger partial charge in [0.25, 0.3) is 5.91 Å². The lowest BCUT2D eigenvalue weighted by Crippen LogP contribution is -2.40. The van der Waals surface area contributed by atoms with E-state index in [1.807, 2.05) is 4.90 Å². The molecule has 6 heteroatoms. The van der Waals surface area contributed by atoms with Crippen molar-refractivity contribution in [1.29, 1.82) is 0 Å². The highest BCUT2D eigenvalue weighted by atomic mass is 32.2. The molecule has 3 rings (SSSR count). The molecule has 0 bridgehead atoms. The summed E-state index contributed by atoms with van der Waals surface area (Å²) in [4.78, 5) is 14.6. The molecular weight excluding hydrogens is 312 g/mol. The van der Waals surface area contributed by atoms with Crippen molar-refractivity contribution in [2.24, 2.45) is 5.92 Å². The molecule has 1 amide bonds. The summed E-state index contributed by atoms with van der Waals surface area (Å²) in [5.41, 5.74) is 1.19. The SMILES string of the molecule is C[C@@H]1CCCN(C(=O)c2cccc(N3CCCCS3(=O)=O)c2)C1. The summed E-state index contributed by atoms with van der Waals surface area (Å²) in [5, 5.41) is 0. The standard InChI is InChI=1S/C17H24N2O3S/c1-14-6-5-9-18(13-14)17(20)15-7-4-8-16(12-15)19-10-2-3-11-23(19,21)22/h4,7-8,12,14H,2-3,5-6,9-11,13H2,1H3/t14-/m1/s1. The first-order valence-corrected chi connectivity index (χ1v) is 9.98. The maximum absolute atomic E-state index is 12.7. The van der Waals surface area contributed by atoms with Crippen molar-refractivity contribution >= 4 is 21.6 Å². The number of sulfonamides is 1. The Balaban J connectivity index is 1.83. The highest BCUT2D eigenvalue weighted by Gasteiger charge is 2.27. The number of piperidine rings is 1. The first-order valence-electron chi connectivity index (χ1n) is 8.37. The van der Waals surface area contributed by atoms with Crippen LogP contribution < -0.4 is 4.31 Å². The van der Waals surface area contributed by atoms with Crippen molar-refractivity contribution in [3.05, 3.63) is 29.8 Å². The number of carbonyl (C=O) groups is 1. The van der Waals surface area contributed by atoms with Gasteiger partial charge in [0.15, 0.2) is 0 Å². The van der Waals surface area contributed by atoms with E-state index in [-0.39, 0.29) is 11.7 Å². The average Bonchev–Trinajstić information content (AvgIpc) is 2.54. The number of rotatable bonds is 2. The minimum atomic E-state index is -3.24. The topological polar surface area (TPSA) is 57.7 Å². The third kappa shape index (κ3) is 3.52. The summed E-state index contributed by atoms with van der Waals surface area (Å²) in [6.45, 7) is 4.23. The number of nitrogens with zero attached hydrogens (tertiary/aromatic N) is 2. The molecule has 2 fully saturated rings. The zero-order valence-electron chi connectivity index (χ0n) is 13.6. The van der Waals surface area contributed by atoms with Gasteiger partial charge in [0.2, 0.25) is 10.0 Å². The Morgan fingerprint density at radius 2 is 2.00 bits per heavy atom. The van der Waals surface area contributed by atoms with Gasteiger partial charge in [-0.15, -0.1) is 0 Å². The Bertz CT molecular complexity index is 687. The quantitative estimate of drug-likeness (QED) is 0.834. The molecule has 2 heterocycles. The second-order valence-electron chi connectivity index (χ2n) is 6.64. The van der Waals surface area contributed by atoms with E-state index in [2.05, 4.69) is 6.92 Å². The van der Waals surface area contributed by atoms with E-state index >= 15 is 0 Å². The average molecular weight is 336 g/mol. The van der Waals surface area contributed by atoms with Gasteiger partial charge in [0, 0.05) is 25.2 Å². The van der Waals surface area contributed by atoms with E-state index in [0.29, 0.717) is 30.1 Å². The van der Waals surface area contributed by atoms with Crippen molar-refractivity contribution in [3.8, 4) is 0 Å². The Labute approximate surface area is 138 Å². The van der Waals surface area contributed by atoms with Crippen molar-refractivity contribution in [1.82, 2.24) is 4.90 Å². The van der Waals surface area contributed by atoms with Crippen LogP contribution in [-0.4, -0.2) is 44.6 Å². The molecule has 23 heavy (non-hydrogen) atoms. The Morgan fingerprint density at radius 1 is 1.17 bits per heavy atom. The fourth-order valence-electron chi connectivity index (χ4n) is 3.43. The molecule has 2 aliphatic heterocycles. The lowest BCUT2D eigenvalue weighted by molar-refractivity contribution is 0.0683. The third-order valence-electron chi connectivity index (χ3n) is 4.67. The Morgan fingerprint density at radius 3 is 2.74 bits per heavy atom. The molecule has 5 nitrogen and oxygen atoms in total. The maximum Gasteiger partial charge on any atom is 0.253 e. The maximum atomic E-state index is 12.7. The van der Waals surface area contributed by atoms with Gasteiger partial charge < -0.3 is 4.90 Å². The second-order valence-corrected chi connectivity index (χ2v) is 8.66. The van der Waals surface area contributed by atoms with Crippen molar-refractivity contribution in [2.75, 3.05) is 29.7 Å². The smallest absolute Gasteiger partial charge is 0.253 e. The summed E-state index contributed by atoms with van der Waals surface area (Å²) in [6.07, 6.45) is 3.77. The summed E-state index contributed by atoms with van der Waals surface area (Å²) in [7, 11) is -3.24. The lowest BCUT2D eigenvalue weighted by Gasteiger charge is -2.32. The van der Waals surface area contributed by atoms with E-state index in [1.165, 1.54) is 4.31 Å². The van der Waals surface area contributed by atoms with E-state index in [0.717, 1.165) is 32.4 Å². The van der Waals surface area contributed by atoms with E-state index < -0.39 is 10.0 Å². The van der Waals surface area contributed by atoms with Crippen LogP contribution in [-0.2, 0) is 10.0 Å². The van der Waals surface area contributed by atoms with Crippen molar-refractivity contribution in [2.45, 2.75) is 32.6 Å². The van der Waals surface area contributed by atoms with Gasteiger partial charge in [-0.2, -0.15) is 0 Å². The Hall–Kier alpha value is -1.56. The molecule has 1 aromatic carbocycles. The molecule has 1 aromatic rings. The van der Waals surface area contributed by atoms with Gasteiger partial charge in [0.05, 0.1) is 11.4 Å². The molecule has 126 valence electrons. The van der Waals surface area contributed by atoms with Crippen LogP contribution in [0.4, 0.5) is 5.69 Å². The van der Waals surface area contributed by atoms with E-state index in [9.17, 15) is 13.2 Å². The van der Waals surface area contributed by atoms with Crippen molar-refractivity contribution < 1.29 is 13.2 Å². The molecule has 0 radical (unpaired) electrons. The molecule has 0 spiro atoms. The highest BCUT2D eigenvalue weighted by molar-refractivity contribution is 7.92. The van der Waals surface area contributed by atoms with Crippen LogP contribution in [0.25, 0.3) is 0 Å². The number of amides is 1. The first kappa shape index (κ1) is 16.3. The third-order valence-corrected chi connectivity index (χ3v) is 6.54. The largest absolute Gasteiger partial charge is 0.338 e. The molecule has 0 N–H and O–H groups in total. The Kier molecular flexibility index (Phi) is 4.62. The summed E-state index contributed by atoms with van der Waals surface area (Å²) in [6, 6.07) is 7.06. The van der Waals surface area contributed by atoms with Gasteiger partial charge in [0.1, 0.15) is 0 Å². The lowest BCUT2D eigenvalue weighted by atomic mass is 9.99. The first-order chi connectivity index (χ1) is 11.0. The van der Waals surface area contributed by atoms with Crippen LogP contribution in [0.5, 0.6) is 0 Å². The van der Waals surface area contributed by atoms with Gasteiger partial charge in [-0.3, -0.25) is 9.10 Å². The predicted octanol–water partition coefficient (Wildman–Crippen LogP) is 2.49. The molecule has 1 atom stereocenters. The number of likely N-dealkylation sites (tertiary alicyclic amines) is 1. The molecule has 0 aromatic heterocycles. The number of hydrogen-bond donors (Lipinski definition) is 0. The van der Waals surface area contributed by atoms with Gasteiger partial charge >= 0.3 is 0 Å². The fraction of sp³-hybridized carbons (Fsp3) is 0.588. The van der Waals surface area contributed by atoms with Crippen LogP contribution in [0.3, 0.4) is 0 Å². The predicted molar refractivity (Wildman–Crippen MR) is 91.1 cm³/mol. The number of carbonyl (C=O) groups excluding carboxylic acids is 1. The molecular formula is C17H24N2O3S. The van der Waals surface area contributed by atoms with Crippen LogP contribution in [0.15, 0.2) is 24.3 Å². The van der Waals surface area contributed by atoms with Crippen LogP contribution >= 0.6 is 0 Å². The van der Waals surface area contributed by atoms with Crippen LogP contribution in [0.2, 0.25) is 0 Å². The number of anilines is 1. The minimum absolute atomic E-state index is 0.00723. The van der Waals surface area contributed by atoms with Crippen molar-refractivity contribution in [3.63, 3.8) is 0 Å².